The zero-order valence-corrected chi connectivity index (χ0v) is 13.2. The maximum atomic E-state index is 12.5. The molecule has 5 nitrogen and oxygen atoms in total. The summed E-state index contributed by atoms with van der Waals surface area (Å²) in [7, 11) is -3.46. The van der Waals surface area contributed by atoms with Gasteiger partial charge in [-0.1, -0.05) is 13.8 Å². The second-order valence-electron chi connectivity index (χ2n) is 5.45. The monoisotopic (exact) mass is 317 g/mol. The first-order valence-corrected chi connectivity index (χ1v) is 8.87. The number of rotatable bonds is 5. The molecule has 0 amide bonds. The molecule has 2 rings (SSSR count). The Labute approximate surface area is 123 Å². The topological polar surface area (TPSA) is 74.7 Å². The second kappa shape index (κ2) is 5.83. The zero-order chi connectivity index (χ0) is 14.9. The lowest BCUT2D eigenvalue weighted by atomic mass is 9.96. The first kappa shape index (κ1) is 15.5. The predicted molar refractivity (Wildman–Crippen MR) is 77.4 cm³/mol. The Kier molecular flexibility index (Phi) is 4.51. The standard InChI is InChI=1S/C13H19NO4S2/c1-9(2)10-5-6-14(8-10)20(17,18)13-4-3-11(19-13)7-12(15)16/h3-4,9-10H,5-8H2,1-2H3,(H,15,16). The van der Waals surface area contributed by atoms with Crippen molar-refractivity contribution >= 4 is 27.3 Å². The molecule has 1 unspecified atom stereocenters. The van der Waals surface area contributed by atoms with Gasteiger partial charge in [0.1, 0.15) is 4.21 Å². The fourth-order valence-corrected chi connectivity index (χ4v) is 5.40. The number of carboxylic acid groups (broad SMARTS) is 1. The van der Waals surface area contributed by atoms with Gasteiger partial charge >= 0.3 is 5.97 Å². The van der Waals surface area contributed by atoms with E-state index in [-0.39, 0.29) is 10.6 Å². The summed E-state index contributed by atoms with van der Waals surface area (Å²) in [5.41, 5.74) is 0. The minimum absolute atomic E-state index is 0.130. The van der Waals surface area contributed by atoms with Crippen LogP contribution in [0.4, 0.5) is 0 Å². The molecule has 1 aromatic heterocycles. The Morgan fingerprint density at radius 2 is 2.20 bits per heavy atom. The number of hydrogen-bond donors (Lipinski definition) is 1. The van der Waals surface area contributed by atoms with E-state index in [0.29, 0.717) is 29.8 Å². The molecule has 1 aliphatic heterocycles. The van der Waals surface area contributed by atoms with Gasteiger partial charge in [0, 0.05) is 18.0 Å². The van der Waals surface area contributed by atoms with Crippen LogP contribution in [-0.2, 0) is 21.2 Å². The summed E-state index contributed by atoms with van der Waals surface area (Å²) in [6.07, 6.45) is 0.763. The number of thiophene rings is 1. The predicted octanol–water partition coefficient (Wildman–Crippen LogP) is 2.04. The average Bonchev–Trinajstić information content (AvgIpc) is 2.95. The molecule has 1 saturated heterocycles. The highest BCUT2D eigenvalue weighted by atomic mass is 32.2. The largest absolute Gasteiger partial charge is 0.481 e. The maximum absolute atomic E-state index is 12.5. The van der Waals surface area contributed by atoms with Gasteiger partial charge < -0.3 is 5.11 Å². The Morgan fingerprint density at radius 3 is 2.75 bits per heavy atom. The Balaban J connectivity index is 2.15. The van der Waals surface area contributed by atoms with E-state index in [0.717, 1.165) is 17.8 Å². The summed E-state index contributed by atoms with van der Waals surface area (Å²) in [4.78, 5) is 11.2. The van der Waals surface area contributed by atoms with Crippen molar-refractivity contribution in [2.24, 2.45) is 11.8 Å². The zero-order valence-electron chi connectivity index (χ0n) is 11.6. The van der Waals surface area contributed by atoms with Gasteiger partial charge in [-0.2, -0.15) is 4.31 Å². The minimum Gasteiger partial charge on any atom is -0.481 e. The van der Waals surface area contributed by atoms with Gasteiger partial charge in [-0.15, -0.1) is 11.3 Å². The van der Waals surface area contributed by atoms with E-state index < -0.39 is 16.0 Å². The molecule has 20 heavy (non-hydrogen) atoms. The van der Waals surface area contributed by atoms with Crippen LogP contribution in [-0.4, -0.2) is 36.9 Å². The molecule has 2 heterocycles. The van der Waals surface area contributed by atoms with E-state index >= 15 is 0 Å². The van der Waals surface area contributed by atoms with Crippen LogP contribution in [0.5, 0.6) is 0 Å². The summed E-state index contributed by atoms with van der Waals surface area (Å²) in [5, 5.41) is 8.73. The first-order valence-electron chi connectivity index (χ1n) is 6.61. The van der Waals surface area contributed by atoms with Crippen molar-refractivity contribution < 1.29 is 18.3 Å². The van der Waals surface area contributed by atoms with E-state index in [9.17, 15) is 13.2 Å². The summed E-state index contributed by atoms with van der Waals surface area (Å²) in [6, 6.07) is 3.10. The lowest BCUT2D eigenvalue weighted by molar-refractivity contribution is -0.136. The Morgan fingerprint density at radius 1 is 1.50 bits per heavy atom. The van der Waals surface area contributed by atoms with Crippen molar-refractivity contribution in [1.29, 1.82) is 0 Å². The van der Waals surface area contributed by atoms with Gasteiger partial charge in [-0.05, 0) is 30.4 Å². The van der Waals surface area contributed by atoms with Crippen LogP contribution in [0.2, 0.25) is 0 Å². The van der Waals surface area contributed by atoms with Crippen LogP contribution in [0.25, 0.3) is 0 Å². The highest BCUT2D eigenvalue weighted by Crippen LogP contribution is 2.31. The molecule has 1 aromatic rings. The van der Waals surface area contributed by atoms with E-state index in [1.807, 2.05) is 0 Å². The fraction of sp³-hybridized carbons (Fsp3) is 0.615. The van der Waals surface area contributed by atoms with Crippen molar-refractivity contribution in [2.75, 3.05) is 13.1 Å². The van der Waals surface area contributed by atoms with Crippen LogP contribution in [0.1, 0.15) is 25.1 Å². The third-order valence-corrected chi connectivity index (χ3v) is 7.10. The fourth-order valence-electron chi connectivity index (χ4n) is 2.38. The number of aliphatic carboxylic acids is 1. The van der Waals surface area contributed by atoms with E-state index in [1.165, 1.54) is 10.4 Å². The van der Waals surface area contributed by atoms with Crippen molar-refractivity contribution in [3.05, 3.63) is 17.0 Å². The van der Waals surface area contributed by atoms with Gasteiger partial charge in [0.2, 0.25) is 0 Å². The molecule has 1 fully saturated rings. The molecule has 0 saturated carbocycles. The van der Waals surface area contributed by atoms with Crippen molar-refractivity contribution in [2.45, 2.75) is 30.9 Å². The lowest BCUT2D eigenvalue weighted by Crippen LogP contribution is -2.28. The second-order valence-corrected chi connectivity index (χ2v) is 8.78. The van der Waals surface area contributed by atoms with Crippen molar-refractivity contribution in [3.63, 3.8) is 0 Å². The van der Waals surface area contributed by atoms with Gasteiger partial charge in [0.15, 0.2) is 0 Å². The third-order valence-electron chi connectivity index (χ3n) is 3.69. The molecular weight excluding hydrogens is 298 g/mol. The molecule has 1 atom stereocenters. The van der Waals surface area contributed by atoms with Crippen LogP contribution >= 0.6 is 11.3 Å². The molecular formula is C13H19NO4S2. The number of sulfonamides is 1. The van der Waals surface area contributed by atoms with E-state index in [1.54, 1.807) is 6.07 Å². The van der Waals surface area contributed by atoms with E-state index in [4.69, 9.17) is 5.11 Å². The molecule has 0 aliphatic carbocycles. The van der Waals surface area contributed by atoms with Gasteiger partial charge in [0.25, 0.3) is 10.0 Å². The van der Waals surface area contributed by atoms with E-state index in [2.05, 4.69) is 13.8 Å². The summed E-state index contributed by atoms with van der Waals surface area (Å²) < 4.78 is 26.8. The molecule has 0 radical (unpaired) electrons. The molecule has 0 bridgehead atoms. The third kappa shape index (κ3) is 3.21. The highest BCUT2D eigenvalue weighted by molar-refractivity contribution is 7.91. The summed E-state index contributed by atoms with van der Waals surface area (Å²) in [6.45, 7) is 5.33. The Bertz CT molecular complexity index is 591. The SMILES string of the molecule is CC(C)C1CCN(S(=O)(=O)c2ccc(CC(=O)O)s2)C1. The molecule has 112 valence electrons. The van der Waals surface area contributed by atoms with Gasteiger partial charge in [0.05, 0.1) is 6.42 Å². The average molecular weight is 317 g/mol. The molecule has 7 heteroatoms. The number of hydrogen-bond acceptors (Lipinski definition) is 4. The summed E-state index contributed by atoms with van der Waals surface area (Å²) >= 11 is 1.05. The van der Waals surface area contributed by atoms with Gasteiger partial charge in [-0.25, -0.2) is 8.42 Å². The van der Waals surface area contributed by atoms with Gasteiger partial charge in [-0.3, -0.25) is 4.79 Å². The number of carbonyl (C=O) groups is 1. The summed E-state index contributed by atoms with van der Waals surface area (Å²) in [5.74, 6) is -0.0684. The Hall–Kier alpha value is -0.920. The van der Waals surface area contributed by atoms with Crippen LogP contribution < -0.4 is 0 Å². The number of nitrogens with zero attached hydrogens (tertiary/aromatic N) is 1. The van der Waals surface area contributed by atoms with Crippen LogP contribution in [0, 0.1) is 11.8 Å². The highest BCUT2D eigenvalue weighted by Gasteiger charge is 2.34. The molecule has 0 spiro atoms. The quantitative estimate of drug-likeness (QED) is 0.902. The van der Waals surface area contributed by atoms with Crippen LogP contribution in [0.3, 0.4) is 0 Å². The minimum atomic E-state index is -3.46. The van der Waals surface area contributed by atoms with Crippen molar-refractivity contribution in [3.8, 4) is 0 Å². The van der Waals surface area contributed by atoms with Crippen LogP contribution in [0.15, 0.2) is 16.3 Å². The van der Waals surface area contributed by atoms with Crippen molar-refractivity contribution in [1.82, 2.24) is 4.31 Å². The molecule has 1 N–H and O–H groups in total. The first-order chi connectivity index (χ1) is 9.30. The number of carboxylic acids is 1. The molecule has 1 aliphatic rings. The smallest absolute Gasteiger partial charge is 0.308 e. The maximum Gasteiger partial charge on any atom is 0.308 e. The molecule has 0 aromatic carbocycles. The normalized spacial score (nSPS) is 20.6. The lowest BCUT2D eigenvalue weighted by Gasteiger charge is -2.17.